The van der Waals surface area contributed by atoms with Crippen LogP contribution in [-0.4, -0.2) is 27.8 Å². The van der Waals surface area contributed by atoms with Crippen LogP contribution in [0.3, 0.4) is 0 Å². The van der Waals surface area contributed by atoms with Crippen LogP contribution in [0.25, 0.3) is 0 Å². The van der Waals surface area contributed by atoms with E-state index in [0.717, 1.165) is 12.2 Å². The fraction of sp³-hybridized carbons (Fsp3) is 0.556. The van der Waals surface area contributed by atoms with Crippen molar-refractivity contribution in [2.24, 2.45) is 0 Å². The topological polar surface area (TPSA) is 49.0 Å². The van der Waals surface area contributed by atoms with Gasteiger partial charge in [0.2, 0.25) is 5.91 Å². The largest absolute Gasteiger partial charge is 0.347 e. The van der Waals surface area contributed by atoms with Crippen LogP contribution in [0, 0.1) is 0 Å². The number of H-pyrrole nitrogens is 1. The predicted molar refractivity (Wildman–Crippen MR) is 50.0 cm³/mol. The van der Waals surface area contributed by atoms with Crippen LogP contribution < -0.4 is 0 Å². The molecule has 0 spiro atoms. The zero-order valence-corrected chi connectivity index (χ0v) is 8.08. The average molecular weight is 181 g/mol. The van der Waals surface area contributed by atoms with E-state index < -0.39 is 0 Å². The SMILES string of the molecule is CCCC(=O)N(C)Cc1ncc[nH]1. The minimum atomic E-state index is 0.166. The molecule has 72 valence electrons. The second-order valence-corrected chi connectivity index (χ2v) is 3.04. The Labute approximate surface area is 78.0 Å². The molecule has 0 atom stereocenters. The number of nitrogens with one attached hydrogen (secondary N) is 1. The van der Waals surface area contributed by atoms with Gasteiger partial charge in [-0.05, 0) is 6.42 Å². The Morgan fingerprint density at radius 2 is 2.46 bits per heavy atom. The Kier molecular flexibility index (Phi) is 3.49. The maximum atomic E-state index is 11.4. The van der Waals surface area contributed by atoms with E-state index in [4.69, 9.17) is 0 Å². The van der Waals surface area contributed by atoms with Gasteiger partial charge >= 0.3 is 0 Å². The van der Waals surface area contributed by atoms with Gasteiger partial charge in [0.05, 0.1) is 6.54 Å². The molecule has 1 aromatic heterocycles. The van der Waals surface area contributed by atoms with E-state index in [1.807, 2.05) is 6.92 Å². The minimum absolute atomic E-state index is 0.166. The molecule has 0 fully saturated rings. The first-order valence-corrected chi connectivity index (χ1v) is 4.46. The first kappa shape index (κ1) is 9.77. The van der Waals surface area contributed by atoms with Crippen LogP contribution in [0.4, 0.5) is 0 Å². The van der Waals surface area contributed by atoms with E-state index in [1.165, 1.54) is 0 Å². The summed E-state index contributed by atoms with van der Waals surface area (Å²) in [7, 11) is 1.79. The summed E-state index contributed by atoms with van der Waals surface area (Å²) in [6.07, 6.45) is 4.94. The lowest BCUT2D eigenvalue weighted by Crippen LogP contribution is -2.26. The number of aromatic nitrogens is 2. The highest BCUT2D eigenvalue weighted by molar-refractivity contribution is 5.75. The molecule has 0 aliphatic carbocycles. The third kappa shape index (κ3) is 2.89. The summed E-state index contributed by atoms with van der Waals surface area (Å²) in [4.78, 5) is 20.0. The van der Waals surface area contributed by atoms with Crippen molar-refractivity contribution >= 4 is 5.91 Å². The van der Waals surface area contributed by atoms with Gasteiger partial charge in [0, 0.05) is 25.9 Å². The van der Waals surface area contributed by atoms with Crippen molar-refractivity contribution in [3.05, 3.63) is 18.2 Å². The lowest BCUT2D eigenvalue weighted by molar-refractivity contribution is -0.130. The predicted octanol–water partition coefficient (Wildman–Crippen LogP) is 1.17. The number of amides is 1. The molecule has 1 aromatic rings. The van der Waals surface area contributed by atoms with Crippen molar-refractivity contribution in [2.75, 3.05) is 7.05 Å². The number of carbonyl (C=O) groups is 1. The van der Waals surface area contributed by atoms with E-state index in [0.29, 0.717) is 13.0 Å². The molecule has 4 nitrogen and oxygen atoms in total. The highest BCUT2D eigenvalue weighted by atomic mass is 16.2. The van der Waals surface area contributed by atoms with Crippen LogP contribution in [0.1, 0.15) is 25.6 Å². The minimum Gasteiger partial charge on any atom is -0.347 e. The molecule has 13 heavy (non-hydrogen) atoms. The summed E-state index contributed by atoms with van der Waals surface area (Å²) < 4.78 is 0. The normalized spacial score (nSPS) is 10.0. The van der Waals surface area contributed by atoms with Gasteiger partial charge in [-0.3, -0.25) is 4.79 Å². The van der Waals surface area contributed by atoms with Crippen LogP contribution in [-0.2, 0) is 11.3 Å². The van der Waals surface area contributed by atoms with Gasteiger partial charge in [0.25, 0.3) is 0 Å². The Morgan fingerprint density at radius 1 is 1.69 bits per heavy atom. The molecule has 1 heterocycles. The molecule has 0 radical (unpaired) electrons. The number of hydrogen-bond acceptors (Lipinski definition) is 2. The Hall–Kier alpha value is -1.32. The fourth-order valence-electron chi connectivity index (χ4n) is 1.10. The summed E-state index contributed by atoms with van der Waals surface area (Å²) in [6.45, 7) is 2.56. The van der Waals surface area contributed by atoms with E-state index >= 15 is 0 Å². The van der Waals surface area contributed by atoms with Gasteiger partial charge in [0.1, 0.15) is 5.82 Å². The fourth-order valence-corrected chi connectivity index (χ4v) is 1.10. The monoisotopic (exact) mass is 181 g/mol. The number of nitrogens with zero attached hydrogens (tertiary/aromatic N) is 2. The Balaban J connectivity index is 2.41. The van der Waals surface area contributed by atoms with Crippen molar-refractivity contribution in [3.63, 3.8) is 0 Å². The number of carbonyl (C=O) groups excluding carboxylic acids is 1. The summed E-state index contributed by atoms with van der Waals surface area (Å²) in [5.74, 6) is 0.992. The first-order chi connectivity index (χ1) is 6.24. The third-order valence-electron chi connectivity index (χ3n) is 1.83. The van der Waals surface area contributed by atoms with Gasteiger partial charge in [-0.25, -0.2) is 4.98 Å². The molecule has 1 amide bonds. The van der Waals surface area contributed by atoms with E-state index in [2.05, 4.69) is 9.97 Å². The van der Waals surface area contributed by atoms with Crippen LogP contribution >= 0.6 is 0 Å². The van der Waals surface area contributed by atoms with Gasteiger partial charge in [-0.15, -0.1) is 0 Å². The van der Waals surface area contributed by atoms with Crippen LogP contribution in [0.15, 0.2) is 12.4 Å². The molecule has 0 unspecified atom stereocenters. The van der Waals surface area contributed by atoms with Crippen molar-refractivity contribution in [1.82, 2.24) is 14.9 Å². The van der Waals surface area contributed by atoms with Crippen molar-refractivity contribution < 1.29 is 4.79 Å². The summed E-state index contributed by atoms with van der Waals surface area (Å²) in [5, 5.41) is 0. The van der Waals surface area contributed by atoms with Crippen molar-refractivity contribution in [1.29, 1.82) is 0 Å². The molecule has 0 saturated heterocycles. The second kappa shape index (κ2) is 4.64. The van der Waals surface area contributed by atoms with Gasteiger partial charge in [-0.1, -0.05) is 6.92 Å². The molecule has 0 aliphatic rings. The molecule has 1 N–H and O–H groups in total. The Morgan fingerprint density at radius 3 is 3.00 bits per heavy atom. The van der Waals surface area contributed by atoms with Crippen LogP contribution in [0.2, 0.25) is 0 Å². The maximum Gasteiger partial charge on any atom is 0.222 e. The lowest BCUT2D eigenvalue weighted by atomic mass is 10.3. The first-order valence-electron chi connectivity index (χ1n) is 4.46. The number of imidazole rings is 1. The summed E-state index contributed by atoms with van der Waals surface area (Å²) >= 11 is 0. The zero-order valence-electron chi connectivity index (χ0n) is 8.08. The highest BCUT2D eigenvalue weighted by Gasteiger charge is 2.08. The number of rotatable bonds is 4. The molecule has 0 saturated carbocycles. The standard InChI is InChI=1S/C9H15N3O/c1-3-4-9(13)12(2)7-8-10-5-6-11-8/h5-6H,3-4,7H2,1-2H3,(H,10,11). The molecule has 0 bridgehead atoms. The van der Waals surface area contributed by atoms with Crippen LogP contribution in [0.5, 0.6) is 0 Å². The van der Waals surface area contributed by atoms with E-state index in [-0.39, 0.29) is 5.91 Å². The van der Waals surface area contributed by atoms with Gasteiger partial charge in [0.15, 0.2) is 0 Å². The molecular weight excluding hydrogens is 166 g/mol. The van der Waals surface area contributed by atoms with Crippen molar-refractivity contribution in [2.45, 2.75) is 26.3 Å². The second-order valence-electron chi connectivity index (χ2n) is 3.04. The third-order valence-corrected chi connectivity index (χ3v) is 1.83. The maximum absolute atomic E-state index is 11.4. The van der Waals surface area contributed by atoms with Gasteiger partial charge in [-0.2, -0.15) is 0 Å². The molecule has 4 heteroatoms. The zero-order chi connectivity index (χ0) is 9.68. The quantitative estimate of drug-likeness (QED) is 0.758. The van der Waals surface area contributed by atoms with E-state index in [9.17, 15) is 4.79 Å². The molecule has 0 aliphatic heterocycles. The number of hydrogen-bond donors (Lipinski definition) is 1. The lowest BCUT2D eigenvalue weighted by Gasteiger charge is -2.14. The van der Waals surface area contributed by atoms with Gasteiger partial charge < -0.3 is 9.88 Å². The highest BCUT2D eigenvalue weighted by Crippen LogP contribution is 1.99. The summed E-state index contributed by atoms with van der Waals surface area (Å²) in [6, 6.07) is 0. The van der Waals surface area contributed by atoms with Crippen molar-refractivity contribution in [3.8, 4) is 0 Å². The Bertz CT molecular complexity index is 256. The smallest absolute Gasteiger partial charge is 0.222 e. The molecule has 0 aromatic carbocycles. The summed E-state index contributed by atoms with van der Waals surface area (Å²) in [5.41, 5.74) is 0. The average Bonchev–Trinajstić information content (AvgIpc) is 2.57. The van der Waals surface area contributed by atoms with E-state index in [1.54, 1.807) is 24.3 Å². The molecular formula is C9H15N3O. The number of aromatic amines is 1. The molecule has 1 rings (SSSR count).